The summed E-state index contributed by atoms with van der Waals surface area (Å²) in [5, 5.41) is 2.92. The number of para-hydroxylation sites is 1. The second-order valence-electron chi connectivity index (χ2n) is 5.16. The summed E-state index contributed by atoms with van der Waals surface area (Å²) in [7, 11) is 0. The van der Waals surface area contributed by atoms with E-state index in [-0.39, 0.29) is 5.91 Å². The highest BCUT2D eigenvalue weighted by Crippen LogP contribution is 2.28. The highest BCUT2D eigenvalue weighted by Gasteiger charge is 2.28. The summed E-state index contributed by atoms with van der Waals surface area (Å²) >= 11 is 0. The summed E-state index contributed by atoms with van der Waals surface area (Å²) in [4.78, 5) is 12.2. The van der Waals surface area contributed by atoms with Crippen molar-refractivity contribution in [3.05, 3.63) is 65.2 Å². The van der Waals surface area contributed by atoms with Crippen LogP contribution in [-0.2, 0) is 24.3 Å². The number of fused-ring (bicyclic) bond motifs is 1. The minimum absolute atomic E-state index is 0.0749. The molecule has 1 aliphatic rings. The van der Waals surface area contributed by atoms with Crippen LogP contribution in [0.1, 0.15) is 16.7 Å². The number of carbonyl (C=O) groups excluding carboxylic acids is 1. The van der Waals surface area contributed by atoms with Gasteiger partial charge in [-0.15, -0.1) is 0 Å². The molecule has 1 aliphatic heterocycles. The summed E-state index contributed by atoms with van der Waals surface area (Å²) < 4.78 is 5.67. The summed E-state index contributed by atoms with van der Waals surface area (Å²) in [6, 6.07) is 15.7. The van der Waals surface area contributed by atoms with Gasteiger partial charge in [-0.05, 0) is 22.8 Å². The van der Waals surface area contributed by atoms with Gasteiger partial charge in [0.15, 0.2) is 6.10 Å². The molecule has 0 aliphatic carbocycles. The first-order chi connectivity index (χ1) is 10.3. The first-order valence-corrected chi connectivity index (χ1v) is 7.06. The number of nitrogens with one attached hydrogen (secondary N) is 1. The molecule has 21 heavy (non-hydrogen) atoms. The first-order valence-electron chi connectivity index (χ1n) is 7.06. The van der Waals surface area contributed by atoms with Crippen LogP contribution in [-0.4, -0.2) is 12.0 Å². The normalized spacial score (nSPS) is 16.1. The topological polar surface area (TPSA) is 64.3 Å². The van der Waals surface area contributed by atoms with Crippen LogP contribution in [0.2, 0.25) is 0 Å². The van der Waals surface area contributed by atoms with E-state index in [2.05, 4.69) is 5.32 Å². The zero-order valence-corrected chi connectivity index (χ0v) is 11.7. The lowest BCUT2D eigenvalue weighted by Crippen LogP contribution is -2.37. The van der Waals surface area contributed by atoms with Crippen molar-refractivity contribution in [2.24, 2.45) is 5.73 Å². The van der Waals surface area contributed by atoms with Crippen molar-refractivity contribution >= 4 is 5.91 Å². The zero-order valence-electron chi connectivity index (χ0n) is 11.7. The van der Waals surface area contributed by atoms with Crippen LogP contribution in [0.4, 0.5) is 0 Å². The standard InChI is InChI=1S/C17H18N2O2/c18-10-12-5-7-13(8-6-12)11-19-17(20)16-9-14-3-1-2-4-15(14)21-16/h1-8,16H,9-11,18H2,(H,19,20). The fourth-order valence-corrected chi connectivity index (χ4v) is 2.42. The van der Waals surface area contributed by atoms with E-state index in [9.17, 15) is 4.79 Å². The molecule has 0 spiro atoms. The highest BCUT2D eigenvalue weighted by atomic mass is 16.5. The van der Waals surface area contributed by atoms with Crippen LogP contribution in [0.15, 0.2) is 48.5 Å². The van der Waals surface area contributed by atoms with Gasteiger partial charge in [-0.2, -0.15) is 0 Å². The average Bonchev–Trinajstić information content (AvgIpc) is 2.97. The van der Waals surface area contributed by atoms with E-state index in [1.807, 2.05) is 48.5 Å². The van der Waals surface area contributed by atoms with Gasteiger partial charge in [-0.3, -0.25) is 4.79 Å². The molecule has 3 rings (SSSR count). The number of ether oxygens (including phenoxy) is 1. The smallest absolute Gasteiger partial charge is 0.261 e. The summed E-state index contributed by atoms with van der Waals surface area (Å²) in [6.45, 7) is 1.03. The molecule has 0 bridgehead atoms. The maximum Gasteiger partial charge on any atom is 0.261 e. The molecule has 1 heterocycles. The van der Waals surface area contributed by atoms with E-state index < -0.39 is 6.10 Å². The number of rotatable bonds is 4. The van der Waals surface area contributed by atoms with Gasteiger partial charge in [0.25, 0.3) is 5.91 Å². The number of hydrogen-bond acceptors (Lipinski definition) is 3. The maximum absolute atomic E-state index is 12.2. The molecule has 108 valence electrons. The minimum atomic E-state index is -0.425. The summed E-state index contributed by atoms with van der Waals surface area (Å²) in [6.07, 6.45) is 0.208. The molecule has 0 fully saturated rings. The molecule has 4 heteroatoms. The Hall–Kier alpha value is -2.33. The van der Waals surface area contributed by atoms with Gasteiger partial charge in [-0.25, -0.2) is 0 Å². The van der Waals surface area contributed by atoms with Crippen molar-refractivity contribution in [3.8, 4) is 5.75 Å². The predicted molar refractivity (Wildman–Crippen MR) is 80.7 cm³/mol. The lowest BCUT2D eigenvalue weighted by Gasteiger charge is -2.11. The van der Waals surface area contributed by atoms with Gasteiger partial charge in [-0.1, -0.05) is 42.5 Å². The van der Waals surface area contributed by atoms with Gasteiger partial charge < -0.3 is 15.8 Å². The van der Waals surface area contributed by atoms with Crippen molar-refractivity contribution in [3.63, 3.8) is 0 Å². The summed E-state index contributed by atoms with van der Waals surface area (Å²) in [5.74, 6) is 0.735. The number of amides is 1. The third-order valence-electron chi connectivity index (χ3n) is 3.66. The lowest BCUT2D eigenvalue weighted by atomic mass is 10.1. The molecule has 0 saturated heterocycles. The second-order valence-corrected chi connectivity index (χ2v) is 5.16. The Morgan fingerprint density at radius 1 is 1.14 bits per heavy atom. The van der Waals surface area contributed by atoms with Crippen molar-refractivity contribution in [1.82, 2.24) is 5.32 Å². The quantitative estimate of drug-likeness (QED) is 0.898. The number of nitrogens with two attached hydrogens (primary N) is 1. The van der Waals surface area contributed by atoms with Gasteiger partial charge in [0.2, 0.25) is 0 Å². The van der Waals surface area contributed by atoms with E-state index in [4.69, 9.17) is 10.5 Å². The van der Waals surface area contributed by atoms with Crippen molar-refractivity contribution in [2.75, 3.05) is 0 Å². The monoisotopic (exact) mass is 282 g/mol. The van der Waals surface area contributed by atoms with Crippen LogP contribution >= 0.6 is 0 Å². The molecular weight excluding hydrogens is 264 g/mol. The van der Waals surface area contributed by atoms with Crippen LogP contribution in [0.25, 0.3) is 0 Å². The molecular formula is C17H18N2O2. The van der Waals surface area contributed by atoms with Crippen molar-refractivity contribution in [1.29, 1.82) is 0 Å². The first kappa shape index (κ1) is 13.6. The second kappa shape index (κ2) is 5.97. The summed E-state index contributed by atoms with van der Waals surface area (Å²) in [5.41, 5.74) is 8.78. The SMILES string of the molecule is NCc1ccc(CNC(=O)C2Cc3ccccc3O2)cc1. The van der Waals surface area contributed by atoms with Crippen LogP contribution in [0.3, 0.4) is 0 Å². The van der Waals surface area contributed by atoms with Gasteiger partial charge >= 0.3 is 0 Å². The Bertz CT molecular complexity index is 612. The Morgan fingerprint density at radius 2 is 1.86 bits per heavy atom. The fraction of sp³-hybridized carbons (Fsp3) is 0.235. The number of carbonyl (C=O) groups is 1. The van der Waals surface area contributed by atoms with Crippen LogP contribution in [0.5, 0.6) is 5.75 Å². The average molecular weight is 282 g/mol. The Labute approximate surface area is 123 Å². The van der Waals surface area contributed by atoms with Crippen LogP contribution in [0, 0.1) is 0 Å². The molecule has 1 atom stereocenters. The Kier molecular flexibility index (Phi) is 3.88. The van der Waals surface area contributed by atoms with E-state index in [0.717, 1.165) is 22.4 Å². The lowest BCUT2D eigenvalue weighted by molar-refractivity contribution is -0.127. The molecule has 0 saturated carbocycles. The molecule has 2 aromatic rings. The van der Waals surface area contributed by atoms with E-state index in [1.165, 1.54) is 0 Å². The molecule has 1 amide bonds. The Balaban J connectivity index is 1.55. The maximum atomic E-state index is 12.2. The van der Waals surface area contributed by atoms with Gasteiger partial charge in [0.05, 0.1) is 0 Å². The van der Waals surface area contributed by atoms with Gasteiger partial charge in [0, 0.05) is 19.5 Å². The number of hydrogen-bond donors (Lipinski definition) is 2. The molecule has 4 nitrogen and oxygen atoms in total. The van der Waals surface area contributed by atoms with Crippen LogP contribution < -0.4 is 15.8 Å². The number of benzene rings is 2. The zero-order chi connectivity index (χ0) is 14.7. The largest absolute Gasteiger partial charge is 0.480 e. The van der Waals surface area contributed by atoms with E-state index in [1.54, 1.807) is 0 Å². The van der Waals surface area contributed by atoms with E-state index in [0.29, 0.717) is 19.5 Å². The van der Waals surface area contributed by atoms with Crippen molar-refractivity contribution < 1.29 is 9.53 Å². The van der Waals surface area contributed by atoms with Crippen molar-refractivity contribution in [2.45, 2.75) is 25.6 Å². The molecule has 3 N–H and O–H groups in total. The fourth-order valence-electron chi connectivity index (χ4n) is 2.42. The predicted octanol–water partition coefficient (Wildman–Crippen LogP) is 1.77. The third-order valence-corrected chi connectivity index (χ3v) is 3.66. The molecule has 0 aromatic heterocycles. The third kappa shape index (κ3) is 3.06. The molecule has 1 unspecified atom stereocenters. The minimum Gasteiger partial charge on any atom is -0.480 e. The highest BCUT2D eigenvalue weighted by molar-refractivity contribution is 5.82. The van der Waals surface area contributed by atoms with Gasteiger partial charge in [0.1, 0.15) is 5.75 Å². The van der Waals surface area contributed by atoms with E-state index >= 15 is 0 Å². The molecule has 0 radical (unpaired) electrons. The molecule has 2 aromatic carbocycles. The Morgan fingerprint density at radius 3 is 2.57 bits per heavy atom.